The summed E-state index contributed by atoms with van der Waals surface area (Å²) in [4.78, 5) is 35.6. The lowest BCUT2D eigenvalue weighted by Crippen LogP contribution is -2.52. The molecular weight excluding hydrogens is 402 g/mol. The van der Waals surface area contributed by atoms with Gasteiger partial charge in [-0.1, -0.05) is 28.1 Å². The number of amides is 1. The number of benzene rings is 1. The van der Waals surface area contributed by atoms with Crippen LogP contribution in [0.2, 0.25) is 0 Å². The predicted octanol–water partition coefficient (Wildman–Crippen LogP) is 3.71. The number of esters is 1. The number of carbonyl (C=O) groups excluding carboxylic acids is 3. The van der Waals surface area contributed by atoms with Crippen LogP contribution in [-0.2, 0) is 24.6 Å². The molecule has 2 atom stereocenters. The van der Waals surface area contributed by atoms with Crippen LogP contribution in [0, 0.1) is 5.92 Å². The Morgan fingerprint density at radius 3 is 2.54 bits per heavy atom. The number of halogens is 1. The van der Waals surface area contributed by atoms with E-state index in [1.54, 1.807) is 20.8 Å². The molecule has 1 aromatic carbocycles. The van der Waals surface area contributed by atoms with Crippen molar-refractivity contribution in [3.05, 3.63) is 34.3 Å². The normalized spacial score (nSPS) is 22.5. The number of aldehydes is 1. The van der Waals surface area contributed by atoms with E-state index in [1.165, 1.54) is 0 Å². The molecule has 1 amide bonds. The van der Waals surface area contributed by atoms with Crippen molar-refractivity contribution in [3.8, 4) is 0 Å². The molecule has 1 aromatic rings. The Morgan fingerprint density at radius 2 is 1.96 bits per heavy atom. The number of hydrogen-bond donors (Lipinski definition) is 1. The Morgan fingerprint density at radius 1 is 1.31 bits per heavy atom. The van der Waals surface area contributed by atoms with E-state index in [1.807, 2.05) is 24.3 Å². The summed E-state index contributed by atoms with van der Waals surface area (Å²) in [6, 6.07) is 7.46. The maximum Gasteiger partial charge on any atom is 0.408 e. The first-order valence-corrected chi connectivity index (χ1v) is 9.35. The molecule has 142 valence electrons. The molecule has 2 unspecified atom stereocenters. The highest BCUT2D eigenvalue weighted by Crippen LogP contribution is 2.44. The molecule has 1 N–H and O–H groups in total. The van der Waals surface area contributed by atoms with Crippen molar-refractivity contribution >= 4 is 34.3 Å². The molecule has 1 aliphatic carbocycles. The van der Waals surface area contributed by atoms with E-state index in [0.29, 0.717) is 19.1 Å². The number of hydrogen-bond acceptors (Lipinski definition) is 5. The third-order valence-electron chi connectivity index (χ3n) is 4.32. The second-order valence-corrected chi connectivity index (χ2v) is 8.26. The minimum Gasteiger partial charge on any atom is -0.458 e. The van der Waals surface area contributed by atoms with Crippen LogP contribution >= 0.6 is 15.9 Å². The van der Waals surface area contributed by atoms with Gasteiger partial charge in [0.15, 0.2) is 6.29 Å². The van der Waals surface area contributed by atoms with Gasteiger partial charge < -0.3 is 14.8 Å². The quantitative estimate of drug-likeness (QED) is 0.574. The number of rotatable bonds is 5. The smallest absolute Gasteiger partial charge is 0.408 e. The van der Waals surface area contributed by atoms with Gasteiger partial charge in [-0.2, -0.15) is 0 Å². The zero-order valence-electron chi connectivity index (χ0n) is 15.2. The van der Waals surface area contributed by atoms with E-state index in [-0.39, 0.29) is 6.61 Å². The van der Waals surface area contributed by atoms with Crippen molar-refractivity contribution in [2.75, 3.05) is 6.61 Å². The number of nitrogens with one attached hydrogen (secondary N) is 1. The molecule has 1 fully saturated rings. The molecule has 0 saturated heterocycles. The Balaban J connectivity index is 2.37. The van der Waals surface area contributed by atoms with Crippen LogP contribution in [0.5, 0.6) is 0 Å². The molecule has 0 spiro atoms. The standard InChI is InChI=1S/C19H24BrNO5/c1-18(2,3)26-17(24)21-19(13-6-8-14(20)9-7-13)10-4-5-15(19)16(23)25-12-11-22/h6-9,11,15H,4-5,10,12H2,1-3H3,(H,21,24). The van der Waals surface area contributed by atoms with Crippen LogP contribution in [0.1, 0.15) is 45.6 Å². The third kappa shape index (κ3) is 4.84. The van der Waals surface area contributed by atoms with E-state index in [0.717, 1.165) is 16.5 Å². The largest absolute Gasteiger partial charge is 0.458 e. The molecule has 1 aliphatic rings. The molecule has 0 aromatic heterocycles. The predicted molar refractivity (Wildman–Crippen MR) is 99.6 cm³/mol. The first kappa shape index (κ1) is 20.4. The summed E-state index contributed by atoms with van der Waals surface area (Å²) in [5.41, 5.74) is -0.780. The summed E-state index contributed by atoms with van der Waals surface area (Å²) in [5.74, 6) is -1.08. The second kappa shape index (κ2) is 8.20. The van der Waals surface area contributed by atoms with Crippen molar-refractivity contribution in [2.45, 2.75) is 51.2 Å². The van der Waals surface area contributed by atoms with Crippen molar-refractivity contribution < 1.29 is 23.9 Å². The molecule has 1 saturated carbocycles. The van der Waals surface area contributed by atoms with E-state index >= 15 is 0 Å². The fraction of sp³-hybridized carbons (Fsp3) is 0.526. The van der Waals surface area contributed by atoms with Crippen molar-refractivity contribution in [1.29, 1.82) is 0 Å². The number of alkyl carbamates (subject to hydrolysis) is 1. The number of carbonyl (C=O) groups is 3. The van der Waals surface area contributed by atoms with Gasteiger partial charge in [0.2, 0.25) is 0 Å². The lowest BCUT2D eigenvalue weighted by Gasteiger charge is -2.36. The highest BCUT2D eigenvalue weighted by molar-refractivity contribution is 9.10. The van der Waals surface area contributed by atoms with E-state index in [4.69, 9.17) is 9.47 Å². The Hall–Kier alpha value is -1.89. The van der Waals surface area contributed by atoms with Crippen LogP contribution in [0.25, 0.3) is 0 Å². The molecule has 0 heterocycles. The molecular formula is C19H24BrNO5. The Labute approximate surface area is 161 Å². The molecule has 2 rings (SSSR count). The van der Waals surface area contributed by atoms with Gasteiger partial charge in [-0.05, 0) is 57.7 Å². The van der Waals surface area contributed by atoms with Crippen LogP contribution < -0.4 is 5.32 Å². The summed E-state index contributed by atoms with van der Waals surface area (Å²) >= 11 is 3.40. The minimum absolute atomic E-state index is 0.293. The molecule has 0 bridgehead atoms. The fourth-order valence-corrected chi connectivity index (χ4v) is 3.61. The van der Waals surface area contributed by atoms with Gasteiger partial charge in [0, 0.05) is 4.47 Å². The Bertz CT molecular complexity index is 668. The maximum absolute atomic E-state index is 12.5. The van der Waals surface area contributed by atoms with Gasteiger partial charge in [0.05, 0.1) is 11.5 Å². The summed E-state index contributed by atoms with van der Waals surface area (Å²) in [6.07, 6.45) is 1.83. The van der Waals surface area contributed by atoms with Crippen LogP contribution in [0.15, 0.2) is 28.7 Å². The monoisotopic (exact) mass is 425 g/mol. The highest BCUT2D eigenvalue weighted by Gasteiger charge is 2.50. The average Bonchev–Trinajstić information content (AvgIpc) is 2.95. The van der Waals surface area contributed by atoms with E-state index in [2.05, 4.69) is 21.2 Å². The third-order valence-corrected chi connectivity index (χ3v) is 4.85. The van der Waals surface area contributed by atoms with E-state index in [9.17, 15) is 14.4 Å². The average molecular weight is 426 g/mol. The van der Waals surface area contributed by atoms with Crippen LogP contribution in [-0.4, -0.2) is 30.6 Å². The maximum atomic E-state index is 12.5. The SMILES string of the molecule is CC(C)(C)OC(=O)NC1(c2ccc(Br)cc2)CCCC1C(=O)OCC=O. The van der Waals surface area contributed by atoms with Gasteiger partial charge >= 0.3 is 12.1 Å². The summed E-state index contributed by atoms with van der Waals surface area (Å²) in [7, 11) is 0. The molecule has 26 heavy (non-hydrogen) atoms. The lowest BCUT2D eigenvalue weighted by atomic mass is 9.80. The van der Waals surface area contributed by atoms with Crippen LogP contribution in [0.4, 0.5) is 4.79 Å². The van der Waals surface area contributed by atoms with Gasteiger partial charge in [-0.25, -0.2) is 4.79 Å². The zero-order valence-corrected chi connectivity index (χ0v) is 16.8. The molecule has 0 aliphatic heterocycles. The summed E-state index contributed by atoms with van der Waals surface area (Å²) in [6.45, 7) is 5.05. The van der Waals surface area contributed by atoms with Gasteiger partial charge in [-0.15, -0.1) is 0 Å². The zero-order chi connectivity index (χ0) is 19.4. The molecule has 7 heteroatoms. The first-order chi connectivity index (χ1) is 12.2. The first-order valence-electron chi connectivity index (χ1n) is 8.55. The molecule has 0 radical (unpaired) electrons. The van der Waals surface area contributed by atoms with Gasteiger partial charge in [-0.3, -0.25) is 9.59 Å². The fourth-order valence-electron chi connectivity index (χ4n) is 3.34. The van der Waals surface area contributed by atoms with Crippen molar-refractivity contribution in [1.82, 2.24) is 5.32 Å². The summed E-state index contributed by atoms with van der Waals surface area (Å²) < 4.78 is 11.4. The van der Waals surface area contributed by atoms with Gasteiger partial charge in [0.1, 0.15) is 12.2 Å². The highest BCUT2D eigenvalue weighted by atomic mass is 79.9. The van der Waals surface area contributed by atoms with Crippen molar-refractivity contribution in [2.24, 2.45) is 5.92 Å². The lowest BCUT2D eigenvalue weighted by molar-refractivity contribution is -0.152. The van der Waals surface area contributed by atoms with Gasteiger partial charge in [0.25, 0.3) is 0 Å². The number of ether oxygens (including phenoxy) is 2. The van der Waals surface area contributed by atoms with E-state index < -0.39 is 29.1 Å². The topological polar surface area (TPSA) is 81.7 Å². The van der Waals surface area contributed by atoms with Crippen LogP contribution in [0.3, 0.4) is 0 Å². The minimum atomic E-state index is -0.928. The summed E-state index contributed by atoms with van der Waals surface area (Å²) in [5, 5.41) is 2.93. The Kier molecular flexibility index (Phi) is 6.44. The second-order valence-electron chi connectivity index (χ2n) is 7.35. The van der Waals surface area contributed by atoms with Crippen molar-refractivity contribution in [3.63, 3.8) is 0 Å². The molecule has 6 nitrogen and oxygen atoms in total.